The second-order valence-corrected chi connectivity index (χ2v) is 11.1. The first kappa shape index (κ1) is 29.8. The number of halogens is 1. The maximum absolute atomic E-state index is 11.2. The molecule has 0 bridgehead atoms. The quantitative estimate of drug-likeness (QED) is 0.0907. The molecule has 1 aromatic heterocycles. The van der Waals surface area contributed by atoms with Crippen molar-refractivity contribution < 1.29 is 14.4 Å². The van der Waals surface area contributed by atoms with Gasteiger partial charge in [-0.3, -0.25) is 15.5 Å². The molecule has 0 radical (unpaired) electrons. The first-order valence-corrected chi connectivity index (χ1v) is 14.8. The lowest BCUT2D eigenvalue weighted by Gasteiger charge is -2.13. The topological polar surface area (TPSA) is 98.9 Å². The minimum absolute atomic E-state index is 0.0379. The number of benzene rings is 4. The van der Waals surface area contributed by atoms with Crippen molar-refractivity contribution in [1.82, 2.24) is 4.98 Å². The minimum Gasteiger partial charge on any atom is -0.490 e. The average Bonchev–Trinajstić information content (AvgIpc) is 3.41. The van der Waals surface area contributed by atoms with Gasteiger partial charge in [0, 0.05) is 28.3 Å². The van der Waals surface area contributed by atoms with Gasteiger partial charge in [0.05, 0.1) is 28.3 Å². The summed E-state index contributed by atoms with van der Waals surface area (Å²) in [7, 11) is 0. The second kappa shape index (κ2) is 13.5. The minimum atomic E-state index is -0.405. The van der Waals surface area contributed by atoms with Crippen LogP contribution in [0.15, 0.2) is 90.0 Å². The standard InChI is InChI=1S/C33H29ClN4O4S/c1-4-41-30-18-23(10-16-29(30)42-20-25-7-5-6-8-28(25)34)19-35-37-33-36-31(27-15-9-21(2)17-22(27)3)32(43-33)24-11-13-26(14-12-24)38(39)40/h5-19H,4,20H2,1-3H3,(H,36,37)/b35-19-. The van der Waals surface area contributed by atoms with Gasteiger partial charge in [-0.15, -0.1) is 0 Å². The Bertz CT molecular complexity index is 1790. The molecule has 0 aliphatic heterocycles. The lowest BCUT2D eigenvalue weighted by atomic mass is 10.0. The van der Waals surface area contributed by atoms with Crippen molar-refractivity contribution in [3.63, 3.8) is 0 Å². The van der Waals surface area contributed by atoms with Gasteiger partial charge in [-0.25, -0.2) is 4.98 Å². The van der Waals surface area contributed by atoms with E-state index in [9.17, 15) is 10.1 Å². The number of hydrogen-bond acceptors (Lipinski definition) is 8. The number of nitrogens with zero attached hydrogens (tertiary/aromatic N) is 3. The van der Waals surface area contributed by atoms with E-state index < -0.39 is 4.92 Å². The van der Waals surface area contributed by atoms with Crippen LogP contribution < -0.4 is 14.9 Å². The van der Waals surface area contributed by atoms with Gasteiger partial charge in [0.25, 0.3) is 5.69 Å². The zero-order chi connectivity index (χ0) is 30.3. The molecule has 43 heavy (non-hydrogen) atoms. The molecule has 0 atom stereocenters. The van der Waals surface area contributed by atoms with Crippen molar-refractivity contribution in [2.75, 3.05) is 12.0 Å². The fourth-order valence-corrected chi connectivity index (χ4v) is 5.61. The molecular weight excluding hydrogens is 584 g/mol. The largest absolute Gasteiger partial charge is 0.490 e. The van der Waals surface area contributed by atoms with Gasteiger partial charge in [0.2, 0.25) is 5.13 Å². The summed E-state index contributed by atoms with van der Waals surface area (Å²) in [6, 6.07) is 25.9. The molecule has 0 saturated heterocycles. The number of nitrogens with one attached hydrogen (secondary N) is 1. The van der Waals surface area contributed by atoms with Crippen LogP contribution in [-0.4, -0.2) is 22.7 Å². The Hall–Kier alpha value is -4.73. The number of anilines is 1. The normalized spacial score (nSPS) is 11.1. The Labute approximate surface area is 258 Å². The van der Waals surface area contributed by atoms with Crippen LogP contribution in [0.25, 0.3) is 21.7 Å². The summed E-state index contributed by atoms with van der Waals surface area (Å²) in [5.41, 5.74) is 9.64. The van der Waals surface area contributed by atoms with E-state index in [1.54, 1.807) is 18.3 Å². The predicted molar refractivity (Wildman–Crippen MR) is 174 cm³/mol. The summed E-state index contributed by atoms with van der Waals surface area (Å²) in [5, 5.41) is 16.9. The van der Waals surface area contributed by atoms with E-state index in [1.807, 2.05) is 75.4 Å². The smallest absolute Gasteiger partial charge is 0.269 e. The predicted octanol–water partition coefficient (Wildman–Crippen LogP) is 9.08. The Morgan fingerprint density at radius 1 is 1.00 bits per heavy atom. The summed E-state index contributed by atoms with van der Waals surface area (Å²) in [6.45, 7) is 6.81. The van der Waals surface area contributed by atoms with Crippen molar-refractivity contribution in [1.29, 1.82) is 0 Å². The van der Waals surface area contributed by atoms with E-state index in [0.717, 1.165) is 44.0 Å². The number of thiazole rings is 1. The van der Waals surface area contributed by atoms with Gasteiger partial charge in [-0.05, 0) is 73.9 Å². The molecule has 5 rings (SSSR count). The summed E-state index contributed by atoms with van der Waals surface area (Å²) in [4.78, 5) is 16.5. The van der Waals surface area contributed by atoms with E-state index in [1.165, 1.54) is 23.5 Å². The number of nitro groups is 1. The molecule has 4 aromatic carbocycles. The molecule has 1 N–H and O–H groups in total. The molecule has 0 unspecified atom stereocenters. The molecule has 0 amide bonds. The molecule has 0 saturated carbocycles. The summed E-state index contributed by atoms with van der Waals surface area (Å²) in [5.74, 6) is 1.21. The number of nitro benzene ring substituents is 1. The van der Waals surface area contributed by atoms with Crippen molar-refractivity contribution >= 4 is 40.0 Å². The molecular formula is C33H29ClN4O4S. The number of aromatic nitrogens is 1. The third-order valence-corrected chi connectivity index (χ3v) is 7.96. The first-order valence-electron chi connectivity index (χ1n) is 13.6. The van der Waals surface area contributed by atoms with E-state index in [4.69, 9.17) is 26.1 Å². The fraction of sp³-hybridized carbons (Fsp3) is 0.152. The van der Waals surface area contributed by atoms with Gasteiger partial charge in [0.15, 0.2) is 11.5 Å². The number of aryl methyl sites for hydroxylation is 2. The molecule has 218 valence electrons. The lowest BCUT2D eigenvalue weighted by molar-refractivity contribution is -0.384. The van der Waals surface area contributed by atoms with Crippen LogP contribution in [0.4, 0.5) is 10.8 Å². The fourth-order valence-electron chi connectivity index (χ4n) is 4.49. The Morgan fingerprint density at radius 2 is 1.79 bits per heavy atom. The molecule has 1 heterocycles. The summed E-state index contributed by atoms with van der Waals surface area (Å²) < 4.78 is 11.8. The molecule has 10 heteroatoms. The summed E-state index contributed by atoms with van der Waals surface area (Å²) >= 11 is 7.70. The summed E-state index contributed by atoms with van der Waals surface area (Å²) in [6.07, 6.45) is 1.68. The van der Waals surface area contributed by atoms with Crippen LogP contribution in [0.1, 0.15) is 29.2 Å². The molecule has 5 aromatic rings. The number of non-ortho nitro benzene ring substituents is 1. The Balaban J connectivity index is 1.38. The zero-order valence-electron chi connectivity index (χ0n) is 23.8. The van der Waals surface area contributed by atoms with Crippen LogP contribution in [-0.2, 0) is 6.61 Å². The highest BCUT2D eigenvalue weighted by Crippen LogP contribution is 2.41. The van der Waals surface area contributed by atoms with Crippen LogP contribution >= 0.6 is 22.9 Å². The molecule has 0 aliphatic rings. The van der Waals surface area contributed by atoms with Gasteiger partial charge >= 0.3 is 0 Å². The molecule has 0 spiro atoms. The van der Waals surface area contributed by atoms with Crippen LogP contribution in [0, 0.1) is 24.0 Å². The van der Waals surface area contributed by atoms with Gasteiger partial charge in [-0.2, -0.15) is 5.10 Å². The van der Waals surface area contributed by atoms with Crippen LogP contribution in [0.5, 0.6) is 11.5 Å². The van der Waals surface area contributed by atoms with E-state index in [-0.39, 0.29) is 5.69 Å². The molecule has 0 aliphatic carbocycles. The van der Waals surface area contributed by atoms with Crippen LogP contribution in [0.2, 0.25) is 5.02 Å². The van der Waals surface area contributed by atoms with E-state index >= 15 is 0 Å². The third kappa shape index (κ3) is 7.20. The average molecular weight is 613 g/mol. The molecule has 0 fully saturated rings. The third-order valence-electron chi connectivity index (χ3n) is 6.59. The van der Waals surface area contributed by atoms with Crippen LogP contribution in [0.3, 0.4) is 0 Å². The zero-order valence-corrected chi connectivity index (χ0v) is 25.4. The number of rotatable bonds is 11. The van der Waals surface area contributed by atoms with Crippen molar-refractivity contribution in [3.8, 4) is 33.2 Å². The van der Waals surface area contributed by atoms with Gasteiger partial charge in [-0.1, -0.05) is 64.9 Å². The van der Waals surface area contributed by atoms with Crippen molar-refractivity contribution in [3.05, 3.63) is 122 Å². The lowest BCUT2D eigenvalue weighted by Crippen LogP contribution is -2.01. The highest BCUT2D eigenvalue weighted by molar-refractivity contribution is 7.19. The van der Waals surface area contributed by atoms with E-state index in [0.29, 0.717) is 34.9 Å². The Kier molecular flexibility index (Phi) is 9.34. The maximum atomic E-state index is 11.2. The Morgan fingerprint density at radius 3 is 2.51 bits per heavy atom. The van der Waals surface area contributed by atoms with Crippen molar-refractivity contribution in [2.45, 2.75) is 27.4 Å². The monoisotopic (exact) mass is 612 g/mol. The highest BCUT2D eigenvalue weighted by atomic mass is 35.5. The van der Waals surface area contributed by atoms with Crippen molar-refractivity contribution in [2.24, 2.45) is 5.10 Å². The second-order valence-electron chi connectivity index (χ2n) is 9.71. The molecule has 8 nitrogen and oxygen atoms in total. The number of hydrogen-bond donors (Lipinski definition) is 1. The number of hydrazone groups is 1. The highest BCUT2D eigenvalue weighted by Gasteiger charge is 2.18. The maximum Gasteiger partial charge on any atom is 0.269 e. The van der Waals surface area contributed by atoms with Gasteiger partial charge in [0.1, 0.15) is 6.61 Å². The van der Waals surface area contributed by atoms with E-state index in [2.05, 4.69) is 16.6 Å². The first-order chi connectivity index (χ1) is 20.8. The number of ether oxygens (including phenoxy) is 2. The SMILES string of the molecule is CCOc1cc(/C=N\Nc2nc(-c3ccc(C)cc3C)c(-c3ccc([N+](=O)[O-])cc3)s2)ccc1OCc1ccccc1Cl. The van der Waals surface area contributed by atoms with Gasteiger partial charge < -0.3 is 9.47 Å².